The van der Waals surface area contributed by atoms with Gasteiger partial charge in [0.2, 0.25) is 0 Å². The minimum absolute atomic E-state index is 0.351. The van der Waals surface area contributed by atoms with Crippen molar-refractivity contribution in [2.45, 2.75) is 33.1 Å². The van der Waals surface area contributed by atoms with Crippen molar-refractivity contribution < 1.29 is 0 Å². The number of hydrogen-bond donors (Lipinski definition) is 2. The van der Waals surface area contributed by atoms with E-state index in [-0.39, 0.29) is 0 Å². The Hall–Kier alpha value is -5.86. The van der Waals surface area contributed by atoms with Gasteiger partial charge in [-0.3, -0.25) is 0 Å². The van der Waals surface area contributed by atoms with Crippen LogP contribution in [0.5, 0.6) is 0 Å². The zero-order valence-electron chi connectivity index (χ0n) is 30.1. The number of benzene rings is 5. The van der Waals surface area contributed by atoms with Crippen LogP contribution in [0.25, 0.3) is 27.8 Å². The molecule has 2 N–H and O–H groups in total. The van der Waals surface area contributed by atoms with Crippen LogP contribution < -0.4 is 10.6 Å². The van der Waals surface area contributed by atoms with Crippen LogP contribution >= 0.6 is 0 Å². The minimum atomic E-state index is 0.351. The molecule has 0 radical (unpaired) electrons. The maximum atomic E-state index is 3.96. The number of rotatable bonds is 9. The van der Waals surface area contributed by atoms with Gasteiger partial charge in [0, 0.05) is 34.3 Å². The normalized spacial score (nSPS) is 20.0. The highest BCUT2D eigenvalue weighted by molar-refractivity contribution is 5.81. The van der Waals surface area contributed by atoms with Gasteiger partial charge in [-0.15, -0.1) is 0 Å². The molecule has 0 aliphatic heterocycles. The van der Waals surface area contributed by atoms with Crippen LogP contribution in [0.2, 0.25) is 0 Å². The lowest BCUT2D eigenvalue weighted by molar-refractivity contribution is 0.597. The average molecular weight is 675 g/mol. The summed E-state index contributed by atoms with van der Waals surface area (Å²) in [6, 6.07) is 49.7. The van der Waals surface area contributed by atoms with Crippen molar-refractivity contribution in [3.63, 3.8) is 0 Å². The predicted molar refractivity (Wildman–Crippen MR) is 222 cm³/mol. The number of nitrogens with one attached hydrogen (secondary N) is 2. The maximum absolute atomic E-state index is 3.96. The van der Waals surface area contributed by atoms with Crippen molar-refractivity contribution in [2.24, 2.45) is 17.8 Å². The van der Waals surface area contributed by atoms with Crippen LogP contribution in [-0.4, -0.2) is 0 Å². The second-order valence-electron chi connectivity index (χ2n) is 14.5. The van der Waals surface area contributed by atoms with Gasteiger partial charge in [0.05, 0.1) is 0 Å². The highest BCUT2D eigenvalue weighted by atomic mass is 14.9. The van der Waals surface area contributed by atoms with Crippen LogP contribution in [0.3, 0.4) is 0 Å². The van der Waals surface area contributed by atoms with Crippen LogP contribution in [0.4, 0.5) is 11.4 Å². The molecule has 2 heteroatoms. The first-order valence-electron chi connectivity index (χ1n) is 18.7. The molecule has 0 saturated heterocycles. The molecule has 5 aromatic rings. The van der Waals surface area contributed by atoms with Gasteiger partial charge in [-0.25, -0.2) is 0 Å². The van der Waals surface area contributed by atoms with Crippen molar-refractivity contribution in [2.75, 3.05) is 10.6 Å². The van der Waals surface area contributed by atoms with Gasteiger partial charge in [-0.2, -0.15) is 0 Å². The third-order valence-corrected chi connectivity index (χ3v) is 10.6. The van der Waals surface area contributed by atoms with E-state index in [1.54, 1.807) is 0 Å². The first-order chi connectivity index (χ1) is 25.6. The molecule has 3 atom stereocenters. The largest absolute Gasteiger partial charge is 0.358 e. The Morgan fingerprint density at radius 3 is 1.62 bits per heavy atom. The molecule has 8 rings (SSSR count). The van der Waals surface area contributed by atoms with E-state index in [1.165, 1.54) is 61.5 Å². The monoisotopic (exact) mass is 674 g/mol. The molecule has 2 nitrogen and oxygen atoms in total. The molecule has 0 spiro atoms. The summed E-state index contributed by atoms with van der Waals surface area (Å²) in [5, 5.41) is 7.76. The summed E-state index contributed by atoms with van der Waals surface area (Å²) < 4.78 is 0. The number of allylic oxidation sites excluding steroid dienone is 12. The van der Waals surface area contributed by atoms with Crippen LogP contribution in [0, 0.1) is 17.8 Å². The summed E-state index contributed by atoms with van der Waals surface area (Å²) in [6.45, 7) is 4.72. The molecule has 0 heterocycles. The quantitative estimate of drug-likeness (QED) is 0.163. The zero-order chi connectivity index (χ0) is 35.3. The topological polar surface area (TPSA) is 24.1 Å². The molecule has 52 heavy (non-hydrogen) atoms. The molecular weight excluding hydrogens is 629 g/mol. The summed E-state index contributed by atoms with van der Waals surface area (Å²) in [4.78, 5) is 0. The van der Waals surface area contributed by atoms with E-state index in [1.807, 2.05) is 0 Å². The molecule has 0 amide bonds. The van der Waals surface area contributed by atoms with Gasteiger partial charge in [0.15, 0.2) is 0 Å². The van der Waals surface area contributed by atoms with Crippen LogP contribution in [0.15, 0.2) is 204 Å². The molecule has 3 aliphatic carbocycles. The number of hydrogen-bond acceptors (Lipinski definition) is 2. The average Bonchev–Trinajstić information content (AvgIpc) is 3.19. The molecule has 0 aromatic heterocycles. The Kier molecular flexibility index (Phi) is 9.71. The highest BCUT2D eigenvalue weighted by Crippen LogP contribution is 2.42. The summed E-state index contributed by atoms with van der Waals surface area (Å²) in [5.74, 6) is 1.22. The lowest BCUT2D eigenvalue weighted by Crippen LogP contribution is -2.19. The smallest absolute Gasteiger partial charge is 0.0394 e. The van der Waals surface area contributed by atoms with Gasteiger partial charge in [-0.05, 0) is 100 Å². The fourth-order valence-electron chi connectivity index (χ4n) is 7.91. The molecule has 0 saturated carbocycles. The lowest BCUT2D eigenvalue weighted by atomic mass is 9.76. The summed E-state index contributed by atoms with van der Waals surface area (Å²) in [5.41, 5.74) is 16.5. The summed E-state index contributed by atoms with van der Waals surface area (Å²) in [6.07, 6.45) is 17.3. The van der Waals surface area contributed by atoms with Crippen molar-refractivity contribution >= 4 is 16.9 Å². The lowest BCUT2D eigenvalue weighted by Gasteiger charge is -2.32. The Morgan fingerprint density at radius 2 is 1.00 bits per heavy atom. The third-order valence-electron chi connectivity index (χ3n) is 10.6. The second kappa shape index (κ2) is 15.2. The Balaban J connectivity index is 1.11. The van der Waals surface area contributed by atoms with E-state index >= 15 is 0 Å². The molecule has 3 unspecified atom stereocenters. The van der Waals surface area contributed by atoms with Gasteiger partial charge in [0.1, 0.15) is 0 Å². The Labute approximate surface area is 309 Å². The first-order valence-corrected chi connectivity index (χ1v) is 18.7. The fourth-order valence-corrected chi connectivity index (χ4v) is 7.91. The second-order valence-corrected chi connectivity index (χ2v) is 14.5. The van der Waals surface area contributed by atoms with Crippen molar-refractivity contribution in [3.8, 4) is 22.3 Å². The van der Waals surface area contributed by atoms with E-state index in [0.29, 0.717) is 17.8 Å². The number of para-hydroxylation sites is 1. The van der Waals surface area contributed by atoms with Crippen molar-refractivity contribution in [1.82, 2.24) is 0 Å². The molecule has 3 aliphatic rings. The third kappa shape index (κ3) is 7.43. The fraction of sp³-hybridized carbons (Fsp3) is 0.160. The minimum Gasteiger partial charge on any atom is -0.358 e. The van der Waals surface area contributed by atoms with Crippen molar-refractivity contribution in [3.05, 3.63) is 210 Å². The van der Waals surface area contributed by atoms with Crippen LogP contribution in [-0.2, 0) is 0 Å². The van der Waals surface area contributed by atoms with E-state index in [4.69, 9.17) is 0 Å². The molecule has 0 fully saturated rings. The molecule has 0 bridgehead atoms. The number of anilines is 2. The molecule has 256 valence electrons. The van der Waals surface area contributed by atoms with Gasteiger partial charge in [-0.1, -0.05) is 165 Å². The van der Waals surface area contributed by atoms with E-state index in [0.717, 1.165) is 30.6 Å². The van der Waals surface area contributed by atoms with Gasteiger partial charge >= 0.3 is 0 Å². The Morgan fingerprint density at radius 1 is 0.462 bits per heavy atom. The molecule has 5 aromatic carbocycles. The van der Waals surface area contributed by atoms with Gasteiger partial charge < -0.3 is 10.6 Å². The summed E-state index contributed by atoms with van der Waals surface area (Å²) in [7, 11) is 0. The standard InChI is InChI=1S/C50H46N2/c1-35-23-26-48(49(29-35)52-45-32-42(37-15-7-3-8-16-37)31-43(33-45)38-17-9-4-10-18-38)46-27-24-40(30-36(46)2)41-25-28-47(39-19-11-5-12-20-39)50(34-41)51-44-21-13-6-14-22-44/h3-28,31-33,35-36,41,51-52H,29-30,34H2,1-2H3. The highest BCUT2D eigenvalue weighted by Gasteiger charge is 2.27. The van der Waals surface area contributed by atoms with E-state index in [2.05, 4.69) is 200 Å². The Bertz CT molecular complexity index is 2160. The predicted octanol–water partition coefficient (Wildman–Crippen LogP) is 13.3. The van der Waals surface area contributed by atoms with Gasteiger partial charge in [0.25, 0.3) is 0 Å². The van der Waals surface area contributed by atoms with Crippen LogP contribution in [0.1, 0.15) is 38.7 Å². The summed E-state index contributed by atoms with van der Waals surface area (Å²) >= 11 is 0. The SMILES string of the molecule is CC1C=CC(C2=CC=C(C3C=CC(c4ccccc4)=C(Nc4ccccc4)C3)CC2C)=C(Nc2cc(-c3ccccc3)cc(-c3ccccc3)c2)C1. The first kappa shape index (κ1) is 33.3. The maximum Gasteiger partial charge on any atom is 0.0394 e. The van der Waals surface area contributed by atoms with E-state index in [9.17, 15) is 0 Å². The van der Waals surface area contributed by atoms with Crippen molar-refractivity contribution in [1.29, 1.82) is 0 Å². The zero-order valence-corrected chi connectivity index (χ0v) is 30.1. The van der Waals surface area contributed by atoms with E-state index < -0.39 is 0 Å². The molecular formula is C50H46N2.